The van der Waals surface area contributed by atoms with E-state index in [0.717, 1.165) is 41.7 Å². The van der Waals surface area contributed by atoms with Gasteiger partial charge in [0.05, 0.1) is 11.2 Å². The Morgan fingerprint density at radius 1 is 1.03 bits per heavy atom. The van der Waals surface area contributed by atoms with Gasteiger partial charge in [0.25, 0.3) is 0 Å². The van der Waals surface area contributed by atoms with Crippen molar-refractivity contribution in [1.82, 2.24) is 19.9 Å². The first-order valence-electron chi connectivity index (χ1n) is 10.2. The topological polar surface area (TPSA) is 80.8 Å². The molecule has 0 amide bonds. The van der Waals surface area contributed by atoms with Crippen LogP contribution >= 0.6 is 23.4 Å². The van der Waals surface area contributed by atoms with Crippen LogP contribution in [0.25, 0.3) is 11.2 Å². The summed E-state index contributed by atoms with van der Waals surface area (Å²) in [5.74, 6) is -1.46. The van der Waals surface area contributed by atoms with E-state index in [-0.39, 0.29) is 24.1 Å². The molecule has 2 N–H and O–H groups in total. The van der Waals surface area contributed by atoms with Gasteiger partial charge in [0.15, 0.2) is 5.65 Å². The van der Waals surface area contributed by atoms with Crippen LogP contribution in [0.3, 0.4) is 0 Å². The average molecular weight is 463 g/mol. The number of pyridine rings is 2. The first-order chi connectivity index (χ1) is 14.8. The molecule has 0 atom stereocenters. The minimum atomic E-state index is -2.50. The Labute approximate surface area is 187 Å². The lowest BCUT2D eigenvalue weighted by molar-refractivity contribution is -0.00682. The van der Waals surface area contributed by atoms with E-state index < -0.39 is 5.92 Å². The summed E-state index contributed by atoms with van der Waals surface area (Å²) in [6, 6.07) is 5.53. The molecule has 162 valence electrons. The van der Waals surface area contributed by atoms with Crippen molar-refractivity contribution in [2.24, 2.45) is 5.41 Å². The number of fused-ring (bicyclic) bond motifs is 1. The molecule has 3 aromatic heterocycles. The highest BCUT2D eigenvalue weighted by atomic mass is 35.5. The molecule has 1 aliphatic heterocycles. The lowest BCUT2D eigenvalue weighted by Gasteiger charge is -2.39. The second kappa shape index (κ2) is 7.70. The smallest absolute Gasteiger partial charge is 0.248 e. The molecule has 0 radical (unpaired) electrons. The summed E-state index contributed by atoms with van der Waals surface area (Å²) >= 11 is 7.60. The van der Waals surface area contributed by atoms with Crippen molar-refractivity contribution >= 4 is 46.2 Å². The fraction of sp³-hybridized carbons (Fsp3) is 0.429. The molecular weight excluding hydrogens is 442 g/mol. The fourth-order valence-electron chi connectivity index (χ4n) is 4.53. The zero-order chi connectivity index (χ0) is 21.6. The van der Waals surface area contributed by atoms with E-state index >= 15 is 0 Å². The molecule has 2 fully saturated rings. The molecule has 1 aliphatic carbocycles. The monoisotopic (exact) mass is 462 g/mol. The van der Waals surface area contributed by atoms with Crippen LogP contribution in [0, 0.1) is 5.41 Å². The lowest BCUT2D eigenvalue weighted by atomic mass is 9.77. The number of nitrogens with two attached hydrogens (primary N) is 1. The van der Waals surface area contributed by atoms with E-state index in [4.69, 9.17) is 22.3 Å². The summed E-state index contributed by atoms with van der Waals surface area (Å²) in [6.07, 6.45) is 5.52. The number of nitrogens with zero attached hydrogens (tertiary/aromatic N) is 5. The quantitative estimate of drug-likeness (QED) is 0.572. The molecule has 0 bridgehead atoms. The van der Waals surface area contributed by atoms with E-state index in [1.54, 1.807) is 18.5 Å². The highest BCUT2D eigenvalue weighted by molar-refractivity contribution is 7.99. The standard InChI is InChI=1S/C21H21ClF2N6S/c22-17-14(3-8-26-18(17)25)31-16-2-1-13-19(29-16)27-11-15(28-13)30-9-6-20(7-10-30)4-5-21(23,24)12-20/h1-3,8,11H,4-7,9-10,12H2,(H2,25,26). The molecule has 31 heavy (non-hydrogen) atoms. The first kappa shape index (κ1) is 20.6. The summed E-state index contributed by atoms with van der Waals surface area (Å²) in [4.78, 5) is 20.6. The predicted octanol–water partition coefficient (Wildman–Crippen LogP) is 5.21. The maximum Gasteiger partial charge on any atom is 0.248 e. The number of hydrogen-bond donors (Lipinski definition) is 1. The maximum atomic E-state index is 13.7. The summed E-state index contributed by atoms with van der Waals surface area (Å²) in [7, 11) is 0. The van der Waals surface area contributed by atoms with Crippen molar-refractivity contribution in [3.05, 3.63) is 35.6 Å². The van der Waals surface area contributed by atoms with Crippen LogP contribution in [0.4, 0.5) is 20.4 Å². The maximum absolute atomic E-state index is 13.7. The van der Waals surface area contributed by atoms with Crippen LogP contribution in [0.15, 0.2) is 40.5 Å². The van der Waals surface area contributed by atoms with Gasteiger partial charge < -0.3 is 10.6 Å². The van der Waals surface area contributed by atoms with Gasteiger partial charge in [-0.15, -0.1) is 0 Å². The Morgan fingerprint density at radius 3 is 2.58 bits per heavy atom. The molecule has 1 saturated heterocycles. The Bertz CT molecular complexity index is 1140. The number of halogens is 3. The minimum Gasteiger partial charge on any atom is -0.382 e. The van der Waals surface area contributed by atoms with Crippen molar-refractivity contribution in [3.8, 4) is 0 Å². The molecular formula is C21H21ClF2N6S. The van der Waals surface area contributed by atoms with Gasteiger partial charge in [0.2, 0.25) is 5.92 Å². The van der Waals surface area contributed by atoms with E-state index in [0.29, 0.717) is 22.6 Å². The minimum absolute atomic E-state index is 0.0199. The number of hydrogen-bond acceptors (Lipinski definition) is 7. The van der Waals surface area contributed by atoms with Gasteiger partial charge >= 0.3 is 0 Å². The van der Waals surface area contributed by atoms with Crippen molar-refractivity contribution in [2.45, 2.75) is 47.9 Å². The summed E-state index contributed by atoms with van der Waals surface area (Å²) in [5, 5.41) is 1.13. The Kier molecular flexibility index (Phi) is 5.13. The third-order valence-electron chi connectivity index (χ3n) is 6.26. The molecule has 2 aliphatic rings. The Morgan fingerprint density at radius 2 is 1.84 bits per heavy atom. The van der Waals surface area contributed by atoms with Gasteiger partial charge in [0.1, 0.15) is 22.2 Å². The van der Waals surface area contributed by atoms with Crippen LogP contribution in [-0.4, -0.2) is 38.9 Å². The fourth-order valence-corrected chi connectivity index (χ4v) is 5.57. The molecule has 10 heteroatoms. The summed E-state index contributed by atoms with van der Waals surface area (Å²) in [6.45, 7) is 1.44. The molecule has 0 unspecified atom stereocenters. The number of alkyl halides is 2. The Hall–Kier alpha value is -2.26. The van der Waals surface area contributed by atoms with E-state index in [2.05, 4.69) is 19.9 Å². The number of rotatable bonds is 3. The van der Waals surface area contributed by atoms with Gasteiger partial charge in [-0.1, -0.05) is 23.4 Å². The van der Waals surface area contributed by atoms with Crippen LogP contribution in [0.1, 0.15) is 32.1 Å². The van der Waals surface area contributed by atoms with Crippen molar-refractivity contribution in [2.75, 3.05) is 23.7 Å². The second-order valence-corrected chi connectivity index (χ2v) is 9.79. The SMILES string of the molecule is Nc1nccc(Sc2ccc3nc(N4CCC5(CC4)CCC(F)(F)C5)cnc3n2)c1Cl. The molecule has 3 aromatic rings. The van der Waals surface area contributed by atoms with E-state index in [1.807, 2.05) is 12.1 Å². The zero-order valence-corrected chi connectivity index (χ0v) is 18.3. The van der Waals surface area contributed by atoms with E-state index in [9.17, 15) is 8.78 Å². The highest BCUT2D eigenvalue weighted by Gasteiger charge is 2.50. The lowest BCUT2D eigenvalue weighted by Crippen LogP contribution is -2.40. The third-order valence-corrected chi connectivity index (χ3v) is 7.77. The molecule has 4 heterocycles. The highest BCUT2D eigenvalue weighted by Crippen LogP contribution is 2.53. The number of nitrogen functional groups attached to an aromatic ring is 1. The van der Waals surface area contributed by atoms with Crippen LogP contribution < -0.4 is 10.6 Å². The molecule has 1 saturated carbocycles. The molecule has 6 nitrogen and oxygen atoms in total. The molecule has 5 rings (SSSR count). The molecule has 1 spiro atoms. The van der Waals surface area contributed by atoms with Crippen molar-refractivity contribution < 1.29 is 8.78 Å². The first-order valence-corrected chi connectivity index (χ1v) is 11.4. The summed E-state index contributed by atoms with van der Waals surface area (Å²) in [5.41, 5.74) is 6.78. The predicted molar refractivity (Wildman–Crippen MR) is 118 cm³/mol. The molecule has 0 aromatic carbocycles. The van der Waals surface area contributed by atoms with Crippen molar-refractivity contribution in [1.29, 1.82) is 0 Å². The van der Waals surface area contributed by atoms with Gasteiger partial charge in [-0.2, -0.15) is 0 Å². The van der Waals surface area contributed by atoms with Crippen molar-refractivity contribution in [3.63, 3.8) is 0 Å². The Balaban J connectivity index is 1.31. The number of anilines is 2. The largest absolute Gasteiger partial charge is 0.382 e. The normalized spacial score (nSPS) is 19.9. The van der Waals surface area contributed by atoms with E-state index in [1.165, 1.54) is 11.8 Å². The average Bonchev–Trinajstić information content (AvgIpc) is 3.05. The van der Waals surface area contributed by atoms with Gasteiger partial charge in [-0.25, -0.2) is 28.7 Å². The van der Waals surface area contributed by atoms with Crippen LogP contribution in [0.5, 0.6) is 0 Å². The zero-order valence-electron chi connectivity index (χ0n) is 16.7. The third kappa shape index (κ3) is 4.13. The van der Waals surface area contributed by atoms with Crippen LogP contribution in [0.2, 0.25) is 5.02 Å². The summed E-state index contributed by atoms with van der Waals surface area (Å²) < 4.78 is 27.4. The van der Waals surface area contributed by atoms with Crippen LogP contribution in [-0.2, 0) is 0 Å². The number of piperidine rings is 1. The van der Waals surface area contributed by atoms with Gasteiger partial charge in [0, 0.05) is 37.0 Å². The second-order valence-electron chi connectivity index (χ2n) is 8.35. The van der Waals surface area contributed by atoms with Gasteiger partial charge in [-0.05, 0) is 42.9 Å². The van der Waals surface area contributed by atoms with Gasteiger partial charge in [-0.3, -0.25) is 0 Å². The number of aromatic nitrogens is 4.